The Morgan fingerprint density at radius 3 is 2.48 bits per heavy atom. The predicted molar refractivity (Wildman–Crippen MR) is 120 cm³/mol. The molecule has 0 fully saturated rings. The van der Waals surface area contributed by atoms with Crippen molar-refractivity contribution in [3.63, 3.8) is 0 Å². The number of ether oxygens (including phenoxy) is 1. The van der Waals surface area contributed by atoms with Crippen molar-refractivity contribution in [2.45, 2.75) is 31.7 Å². The average Bonchev–Trinajstić information content (AvgIpc) is 2.75. The Morgan fingerprint density at radius 2 is 1.76 bits per heavy atom. The number of fused-ring (bicyclic) bond motifs is 1. The van der Waals surface area contributed by atoms with Gasteiger partial charge in [0.2, 0.25) is 0 Å². The van der Waals surface area contributed by atoms with E-state index in [1.54, 1.807) is 19.5 Å². The Balaban J connectivity index is 1.66. The SMILES string of the molecule is COc1cccc2c1CC(Cc1c(Cl)cncc1Cl)=NC2CCc1ccccc1. The molecule has 0 radical (unpaired) electrons. The van der Waals surface area contributed by atoms with E-state index >= 15 is 0 Å². The van der Waals surface area contributed by atoms with Crippen LogP contribution < -0.4 is 4.74 Å². The zero-order chi connectivity index (χ0) is 20.2. The highest BCUT2D eigenvalue weighted by atomic mass is 35.5. The molecule has 0 aliphatic carbocycles. The van der Waals surface area contributed by atoms with Crippen LogP contribution in [0.5, 0.6) is 5.75 Å². The highest BCUT2D eigenvalue weighted by molar-refractivity contribution is 6.36. The van der Waals surface area contributed by atoms with Crippen molar-refractivity contribution in [2.24, 2.45) is 4.99 Å². The molecule has 1 aliphatic rings. The maximum absolute atomic E-state index is 6.36. The van der Waals surface area contributed by atoms with E-state index in [4.69, 9.17) is 32.9 Å². The summed E-state index contributed by atoms with van der Waals surface area (Å²) in [5.74, 6) is 0.909. The van der Waals surface area contributed by atoms with Gasteiger partial charge in [0, 0.05) is 36.5 Å². The van der Waals surface area contributed by atoms with E-state index in [9.17, 15) is 0 Å². The van der Waals surface area contributed by atoms with Crippen molar-refractivity contribution in [3.05, 3.63) is 93.2 Å². The third kappa shape index (κ3) is 4.47. The van der Waals surface area contributed by atoms with E-state index in [1.807, 2.05) is 18.2 Å². The van der Waals surface area contributed by atoms with Gasteiger partial charge >= 0.3 is 0 Å². The number of rotatable bonds is 6. The molecule has 29 heavy (non-hydrogen) atoms. The molecule has 5 heteroatoms. The second-order valence-corrected chi connectivity index (χ2v) is 8.01. The van der Waals surface area contributed by atoms with Gasteiger partial charge in [-0.05, 0) is 35.6 Å². The average molecular weight is 425 g/mol. The summed E-state index contributed by atoms with van der Waals surface area (Å²) in [7, 11) is 1.72. The Hall–Kier alpha value is -2.36. The standard InChI is InChI=1S/C24H22Cl2N2O/c1-29-24-9-5-8-18-19(24)12-17(13-20-21(25)14-27-15-22(20)26)28-23(18)11-10-16-6-3-2-4-7-16/h2-9,14-15,23H,10-13H2,1H3. The molecule has 2 aromatic carbocycles. The first-order chi connectivity index (χ1) is 14.2. The number of hydrogen-bond donors (Lipinski definition) is 0. The highest BCUT2D eigenvalue weighted by Gasteiger charge is 2.25. The third-order valence-corrected chi connectivity index (χ3v) is 6.00. The van der Waals surface area contributed by atoms with Gasteiger partial charge in [0.15, 0.2) is 0 Å². The van der Waals surface area contributed by atoms with Crippen molar-refractivity contribution in [3.8, 4) is 5.75 Å². The van der Waals surface area contributed by atoms with Crippen LogP contribution in [-0.4, -0.2) is 17.8 Å². The molecular formula is C24H22Cl2N2O. The molecule has 1 unspecified atom stereocenters. The normalized spacial score (nSPS) is 15.6. The van der Waals surface area contributed by atoms with E-state index < -0.39 is 0 Å². The smallest absolute Gasteiger partial charge is 0.122 e. The van der Waals surface area contributed by atoms with Gasteiger partial charge in [0.25, 0.3) is 0 Å². The van der Waals surface area contributed by atoms with Gasteiger partial charge in [-0.15, -0.1) is 0 Å². The van der Waals surface area contributed by atoms with Crippen molar-refractivity contribution in [1.82, 2.24) is 4.98 Å². The first-order valence-corrected chi connectivity index (χ1v) is 10.4. The van der Waals surface area contributed by atoms with Gasteiger partial charge in [-0.25, -0.2) is 0 Å². The van der Waals surface area contributed by atoms with Crippen LogP contribution in [0.25, 0.3) is 0 Å². The Morgan fingerprint density at radius 1 is 1.00 bits per heavy atom. The van der Waals surface area contributed by atoms with Gasteiger partial charge in [0.1, 0.15) is 5.75 Å². The minimum atomic E-state index is 0.0865. The van der Waals surface area contributed by atoms with E-state index in [2.05, 4.69) is 35.3 Å². The van der Waals surface area contributed by atoms with E-state index in [0.29, 0.717) is 16.5 Å². The molecule has 4 rings (SSSR count). The third-order valence-electron chi connectivity index (χ3n) is 5.35. The first-order valence-electron chi connectivity index (χ1n) is 9.69. The van der Waals surface area contributed by atoms with E-state index in [0.717, 1.165) is 36.3 Å². The van der Waals surface area contributed by atoms with Crippen molar-refractivity contribution in [1.29, 1.82) is 0 Å². The molecular weight excluding hydrogens is 403 g/mol. The van der Waals surface area contributed by atoms with Crippen LogP contribution in [0.1, 0.15) is 34.7 Å². The quantitative estimate of drug-likeness (QED) is 0.464. The monoisotopic (exact) mass is 424 g/mol. The predicted octanol–water partition coefficient (Wildman–Crippen LogP) is 6.31. The lowest BCUT2D eigenvalue weighted by molar-refractivity contribution is 0.408. The number of methoxy groups -OCH3 is 1. The molecule has 148 valence electrons. The van der Waals surface area contributed by atoms with E-state index in [1.165, 1.54) is 16.7 Å². The number of aromatic nitrogens is 1. The Labute approximate surface area is 181 Å². The molecule has 0 amide bonds. The number of benzene rings is 2. The number of halogens is 2. The fourth-order valence-corrected chi connectivity index (χ4v) is 4.40. The minimum absolute atomic E-state index is 0.0865. The largest absolute Gasteiger partial charge is 0.496 e. The van der Waals surface area contributed by atoms with Crippen LogP contribution in [0.2, 0.25) is 10.0 Å². The zero-order valence-corrected chi connectivity index (χ0v) is 17.7. The Kier molecular flexibility index (Phi) is 6.17. The van der Waals surface area contributed by atoms with Crippen molar-refractivity contribution < 1.29 is 4.74 Å². The lowest BCUT2D eigenvalue weighted by atomic mass is 9.88. The highest BCUT2D eigenvalue weighted by Crippen LogP contribution is 2.37. The molecule has 0 N–H and O–H groups in total. The second-order valence-electron chi connectivity index (χ2n) is 7.20. The summed E-state index contributed by atoms with van der Waals surface area (Å²) in [6.45, 7) is 0. The lowest BCUT2D eigenvalue weighted by Crippen LogP contribution is -2.19. The second kappa shape index (κ2) is 8.98. The molecule has 3 nitrogen and oxygen atoms in total. The number of pyridine rings is 1. The van der Waals surface area contributed by atoms with Crippen molar-refractivity contribution in [2.75, 3.05) is 7.11 Å². The number of aliphatic imine (C=N–C) groups is 1. The molecule has 1 aromatic heterocycles. The molecule has 0 saturated carbocycles. The molecule has 0 spiro atoms. The van der Waals surface area contributed by atoms with Crippen LogP contribution in [0, 0.1) is 0 Å². The molecule has 0 bridgehead atoms. The van der Waals surface area contributed by atoms with Gasteiger partial charge < -0.3 is 4.74 Å². The summed E-state index contributed by atoms with van der Waals surface area (Å²) >= 11 is 12.7. The molecule has 2 heterocycles. The fourth-order valence-electron chi connectivity index (χ4n) is 3.90. The van der Waals surface area contributed by atoms with Crippen LogP contribution in [-0.2, 0) is 19.3 Å². The summed E-state index contributed by atoms with van der Waals surface area (Å²) in [6.07, 6.45) is 6.51. The fraction of sp³-hybridized carbons (Fsp3) is 0.250. The molecule has 3 aromatic rings. The maximum atomic E-state index is 6.36. The summed E-state index contributed by atoms with van der Waals surface area (Å²) in [5, 5.41) is 1.15. The first kappa shape index (κ1) is 19.9. The van der Waals surface area contributed by atoms with Crippen LogP contribution in [0.4, 0.5) is 0 Å². The zero-order valence-electron chi connectivity index (χ0n) is 16.2. The summed E-state index contributed by atoms with van der Waals surface area (Å²) < 4.78 is 5.65. The number of aryl methyl sites for hydroxylation is 1. The maximum Gasteiger partial charge on any atom is 0.122 e. The van der Waals surface area contributed by atoms with Gasteiger partial charge in [-0.2, -0.15) is 0 Å². The number of nitrogens with zero attached hydrogens (tertiary/aromatic N) is 2. The van der Waals surface area contributed by atoms with Crippen LogP contribution in [0.3, 0.4) is 0 Å². The lowest BCUT2D eigenvalue weighted by Gasteiger charge is -2.26. The summed E-state index contributed by atoms with van der Waals surface area (Å²) in [4.78, 5) is 9.17. The molecule has 1 atom stereocenters. The van der Waals surface area contributed by atoms with Gasteiger partial charge in [-0.1, -0.05) is 65.7 Å². The van der Waals surface area contributed by atoms with Crippen LogP contribution in [0.15, 0.2) is 65.9 Å². The topological polar surface area (TPSA) is 34.5 Å². The Bertz CT molecular complexity index is 1010. The van der Waals surface area contributed by atoms with Crippen molar-refractivity contribution >= 4 is 28.9 Å². The molecule has 1 aliphatic heterocycles. The number of hydrogen-bond acceptors (Lipinski definition) is 3. The molecule has 0 saturated heterocycles. The summed E-state index contributed by atoms with van der Waals surface area (Å²) in [6, 6.07) is 16.8. The van der Waals surface area contributed by atoms with E-state index in [-0.39, 0.29) is 6.04 Å². The van der Waals surface area contributed by atoms with Gasteiger partial charge in [-0.3, -0.25) is 9.98 Å². The summed E-state index contributed by atoms with van der Waals surface area (Å²) in [5.41, 5.74) is 5.71. The van der Waals surface area contributed by atoms with Crippen LogP contribution >= 0.6 is 23.2 Å². The minimum Gasteiger partial charge on any atom is -0.496 e. The van der Waals surface area contributed by atoms with Gasteiger partial charge in [0.05, 0.1) is 23.2 Å².